The molecule has 1 N–H and O–H groups in total. The van der Waals surface area contributed by atoms with Gasteiger partial charge in [0.25, 0.3) is 0 Å². The lowest BCUT2D eigenvalue weighted by Crippen LogP contribution is -2.31. The van der Waals surface area contributed by atoms with Crippen molar-refractivity contribution in [2.75, 3.05) is 11.4 Å². The highest BCUT2D eigenvalue weighted by atomic mass is 35.5. The second kappa shape index (κ2) is 5.64. The van der Waals surface area contributed by atoms with Crippen LogP contribution in [0.15, 0.2) is 29.6 Å². The number of thiophene rings is 1. The van der Waals surface area contributed by atoms with Crippen LogP contribution in [0.3, 0.4) is 0 Å². The predicted molar refractivity (Wildman–Crippen MR) is 90.4 cm³/mol. The van der Waals surface area contributed by atoms with Gasteiger partial charge in [0.1, 0.15) is 0 Å². The van der Waals surface area contributed by atoms with Gasteiger partial charge in [0, 0.05) is 30.6 Å². The third-order valence-corrected chi connectivity index (χ3v) is 5.68. The van der Waals surface area contributed by atoms with Gasteiger partial charge in [0.2, 0.25) is 0 Å². The lowest BCUT2D eigenvalue weighted by Gasteiger charge is -2.31. The average molecular weight is 319 g/mol. The van der Waals surface area contributed by atoms with Gasteiger partial charge in [0.15, 0.2) is 0 Å². The van der Waals surface area contributed by atoms with Crippen molar-refractivity contribution in [1.29, 1.82) is 0 Å². The molecule has 2 aromatic rings. The number of fused-ring (bicyclic) bond motifs is 1. The zero-order valence-electron chi connectivity index (χ0n) is 11.9. The molecule has 2 aliphatic rings. The number of nitrogens with zero attached hydrogens (tertiary/aromatic N) is 1. The molecule has 0 unspecified atom stereocenters. The molecule has 0 radical (unpaired) electrons. The van der Waals surface area contributed by atoms with E-state index in [4.69, 9.17) is 11.6 Å². The monoisotopic (exact) mass is 318 g/mol. The molecule has 2 nitrogen and oxygen atoms in total. The summed E-state index contributed by atoms with van der Waals surface area (Å²) in [7, 11) is 0. The predicted octanol–water partition coefficient (Wildman–Crippen LogP) is 4.22. The maximum atomic E-state index is 6.53. The van der Waals surface area contributed by atoms with Crippen LogP contribution < -0.4 is 10.2 Å². The number of nitrogens with one attached hydrogen (secondary N) is 1. The molecule has 0 bridgehead atoms. The SMILES string of the molecule is Clc1cccc(CNC2CC2)c1N1CCc2sccc2C1. The summed E-state index contributed by atoms with van der Waals surface area (Å²) in [5.41, 5.74) is 4.02. The van der Waals surface area contributed by atoms with Crippen molar-refractivity contribution in [3.8, 4) is 0 Å². The van der Waals surface area contributed by atoms with E-state index in [1.165, 1.54) is 34.5 Å². The van der Waals surface area contributed by atoms with Crippen LogP contribution in [0.4, 0.5) is 5.69 Å². The topological polar surface area (TPSA) is 15.3 Å². The standard InChI is InChI=1S/C17H19ClN2S/c18-15-3-1-2-12(10-19-14-4-5-14)17(15)20-8-6-16-13(11-20)7-9-21-16/h1-3,7,9,14,19H,4-6,8,10-11H2. The van der Waals surface area contributed by atoms with Crippen LogP contribution in [-0.2, 0) is 19.5 Å². The first kappa shape index (κ1) is 13.6. The van der Waals surface area contributed by atoms with E-state index in [0.717, 1.165) is 37.1 Å². The Balaban J connectivity index is 1.61. The average Bonchev–Trinajstić information content (AvgIpc) is 3.20. The number of rotatable bonds is 4. The van der Waals surface area contributed by atoms with Crippen LogP contribution in [0.25, 0.3) is 0 Å². The van der Waals surface area contributed by atoms with Gasteiger partial charge < -0.3 is 10.2 Å². The summed E-state index contributed by atoms with van der Waals surface area (Å²) in [6.45, 7) is 2.97. The third kappa shape index (κ3) is 2.83. The van der Waals surface area contributed by atoms with Crippen molar-refractivity contribution in [1.82, 2.24) is 5.32 Å². The van der Waals surface area contributed by atoms with Crippen LogP contribution in [-0.4, -0.2) is 12.6 Å². The van der Waals surface area contributed by atoms with Gasteiger partial charge in [-0.05, 0) is 47.9 Å². The molecule has 110 valence electrons. The van der Waals surface area contributed by atoms with E-state index in [0.29, 0.717) is 0 Å². The summed E-state index contributed by atoms with van der Waals surface area (Å²) < 4.78 is 0. The molecule has 1 fully saturated rings. The maximum Gasteiger partial charge on any atom is 0.0643 e. The Morgan fingerprint density at radius 2 is 2.19 bits per heavy atom. The van der Waals surface area contributed by atoms with Crippen molar-refractivity contribution in [2.24, 2.45) is 0 Å². The summed E-state index contributed by atoms with van der Waals surface area (Å²) in [6.07, 6.45) is 3.77. The van der Waals surface area contributed by atoms with Crippen LogP contribution in [0.5, 0.6) is 0 Å². The third-order valence-electron chi connectivity index (χ3n) is 4.35. The Morgan fingerprint density at radius 1 is 1.29 bits per heavy atom. The first-order valence-corrected chi connectivity index (χ1v) is 8.88. The minimum Gasteiger partial charge on any atom is -0.365 e. The van der Waals surface area contributed by atoms with Crippen molar-refractivity contribution < 1.29 is 0 Å². The molecule has 1 aliphatic carbocycles. The molecule has 1 aromatic heterocycles. The number of benzene rings is 1. The van der Waals surface area contributed by atoms with E-state index in [2.05, 4.69) is 33.8 Å². The molecule has 1 saturated carbocycles. The molecule has 21 heavy (non-hydrogen) atoms. The van der Waals surface area contributed by atoms with E-state index < -0.39 is 0 Å². The Hall–Kier alpha value is -1.03. The number of hydrogen-bond donors (Lipinski definition) is 1. The van der Waals surface area contributed by atoms with Crippen LogP contribution in [0.2, 0.25) is 5.02 Å². The molecule has 0 spiro atoms. The van der Waals surface area contributed by atoms with Gasteiger partial charge in [0.05, 0.1) is 10.7 Å². The zero-order chi connectivity index (χ0) is 14.2. The molecule has 1 aromatic carbocycles. The second-order valence-corrected chi connectivity index (χ2v) is 7.35. The summed E-state index contributed by atoms with van der Waals surface area (Å²) in [5.74, 6) is 0. The van der Waals surface area contributed by atoms with E-state index >= 15 is 0 Å². The number of halogens is 1. The fourth-order valence-electron chi connectivity index (χ4n) is 3.04. The van der Waals surface area contributed by atoms with Gasteiger partial charge in [-0.1, -0.05) is 23.7 Å². The number of para-hydroxylation sites is 1. The summed E-state index contributed by atoms with van der Waals surface area (Å²) in [4.78, 5) is 3.98. The van der Waals surface area contributed by atoms with E-state index in [-0.39, 0.29) is 0 Å². The highest BCUT2D eigenvalue weighted by molar-refractivity contribution is 7.10. The lowest BCUT2D eigenvalue weighted by molar-refractivity contribution is 0.677. The normalized spacial score (nSPS) is 17.9. The van der Waals surface area contributed by atoms with Crippen molar-refractivity contribution >= 4 is 28.6 Å². The van der Waals surface area contributed by atoms with E-state index in [1.54, 1.807) is 0 Å². The smallest absolute Gasteiger partial charge is 0.0643 e. The lowest BCUT2D eigenvalue weighted by atomic mass is 10.1. The summed E-state index contributed by atoms with van der Waals surface area (Å²) >= 11 is 8.41. The molecular weight excluding hydrogens is 300 g/mol. The first-order valence-electron chi connectivity index (χ1n) is 7.62. The van der Waals surface area contributed by atoms with Crippen LogP contribution in [0, 0.1) is 0 Å². The number of hydrogen-bond acceptors (Lipinski definition) is 3. The molecule has 4 heteroatoms. The van der Waals surface area contributed by atoms with Crippen LogP contribution >= 0.6 is 22.9 Å². The van der Waals surface area contributed by atoms with Crippen molar-refractivity contribution in [3.63, 3.8) is 0 Å². The molecular formula is C17H19ClN2S. The summed E-state index contributed by atoms with van der Waals surface area (Å²) in [6, 6.07) is 9.27. The molecule has 4 rings (SSSR count). The fraction of sp³-hybridized carbons (Fsp3) is 0.412. The van der Waals surface area contributed by atoms with Gasteiger partial charge in [-0.3, -0.25) is 0 Å². The highest BCUT2D eigenvalue weighted by Crippen LogP contribution is 2.35. The number of anilines is 1. The molecule has 1 aliphatic heterocycles. The zero-order valence-corrected chi connectivity index (χ0v) is 13.5. The Bertz CT molecular complexity index is 648. The fourth-order valence-corrected chi connectivity index (χ4v) is 4.24. The Kier molecular flexibility index (Phi) is 3.66. The van der Waals surface area contributed by atoms with Gasteiger partial charge in [-0.25, -0.2) is 0 Å². The van der Waals surface area contributed by atoms with Gasteiger partial charge >= 0.3 is 0 Å². The maximum absolute atomic E-state index is 6.53. The van der Waals surface area contributed by atoms with Crippen LogP contribution in [0.1, 0.15) is 28.8 Å². The van der Waals surface area contributed by atoms with E-state index in [1.807, 2.05) is 17.4 Å². The van der Waals surface area contributed by atoms with Crippen molar-refractivity contribution in [3.05, 3.63) is 50.7 Å². The first-order chi connectivity index (χ1) is 10.3. The van der Waals surface area contributed by atoms with Crippen molar-refractivity contribution in [2.45, 2.75) is 38.4 Å². The van der Waals surface area contributed by atoms with Gasteiger partial charge in [-0.15, -0.1) is 11.3 Å². The molecule has 0 amide bonds. The minimum absolute atomic E-state index is 0.724. The minimum atomic E-state index is 0.724. The Morgan fingerprint density at radius 3 is 3.05 bits per heavy atom. The van der Waals surface area contributed by atoms with Gasteiger partial charge in [-0.2, -0.15) is 0 Å². The molecule has 0 saturated heterocycles. The quantitative estimate of drug-likeness (QED) is 0.908. The van der Waals surface area contributed by atoms with E-state index in [9.17, 15) is 0 Å². The highest BCUT2D eigenvalue weighted by Gasteiger charge is 2.24. The second-order valence-electron chi connectivity index (χ2n) is 5.94. The Labute approximate surface area is 134 Å². The largest absolute Gasteiger partial charge is 0.365 e. The molecule has 2 heterocycles. The summed E-state index contributed by atoms with van der Waals surface area (Å²) in [5, 5.41) is 6.69. The molecule has 0 atom stereocenters.